The van der Waals surface area contributed by atoms with Gasteiger partial charge in [-0.2, -0.15) is 0 Å². The quantitative estimate of drug-likeness (QED) is 0.386. The first-order chi connectivity index (χ1) is 2.27. The van der Waals surface area contributed by atoms with E-state index in [2.05, 4.69) is 0 Å². The summed E-state index contributed by atoms with van der Waals surface area (Å²) >= 11 is 5.11. The van der Waals surface area contributed by atoms with E-state index in [-0.39, 0.29) is 22.9 Å². The predicted molar refractivity (Wildman–Crippen MR) is 22.9 cm³/mol. The second kappa shape index (κ2) is 5.74. The SMILES string of the molecule is NCC(N)Cl.[Cr]. The Balaban J connectivity index is 0. The smallest absolute Gasteiger partial charge is 0.0924 e. The van der Waals surface area contributed by atoms with Gasteiger partial charge in [-0.3, -0.25) is 0 Å². The molecule has 0 aromatic rings. The van der Waals surface area contributed by atoms with Crippen LogP contribution in [0.1, 0.15) is 0 Å². The molecule has 0 spiro atoms. The second-order valence-electron chi connectivity index (χ2n) is 0.752. The van der Waals surface area contributed by atoms with Crippen molar-refractivity contribution in [3.8, 4) is 0 Å². The third kappa shape index (κ3) is 8.83. The normalized spacial score (nSPS) is 12.5. The third-order valence-electron chi connectivity index (χ3n) is 0.225. The van der Waals surface area contributed by atoms with Crippen molar-refractivity contribution in [2.45, 2.75) is 5.50 Å². The van der Waals surface area contributed by atoms with Gasteiger partial charge in [0.05, 0.1) is 5.50 Å². The van der Waals surface area contributed by atoms with E-state index < -0.39 is 0 Å². The van der Waals surface area contributed by atoms with E-state index in [1.807, 2.05) is 0 Å². The van der Waals surface area contributed by atoms with Crippen molar-refractivity contribution in [3.63, 3.8) is 0 Å². The molecule has 4 heteroatoms. The van der Waals surface area contributed by atoms with E-state index in [0.717, 1.165) is 0 Å². The monoisotopic (exact) mass is 146 g/mol. The van der Waals surface area contributed by atoms with Crippen LogP contribution >= 0.6 is 11.6 Å². The molecular formula is C2H7ClCrN2. The van der Waals surface area contributed by atoms with Crippen LogP contribution in [0.5, 0.6) is 0 Å². The van der Waals surface area contributed by atoms with E-state index in [0.29, 0.717) is 6.54 Å². The first kappa shape index (κ1) is 9.89. The maximum atomic E-state index is 5.11. The van der Waals surface area contributed by atoms with Crippen LogP contribution in [-0.2, 0) is 17.4 Å². The molecule has 0 amide bonds. The van der Waals surface area contributed by atoms with E-state index in [1.165, 1.54) is 0 Å². The van der Waals surface area contributed by atoms with Crippen molar-refractivity contribution in [3.05, 3.63) is 0 Å². The zero-order valence-corrected chi connectivity index (χ0v) is 5.26. The topological polar surface area (TPSA) is 52.0 Å². The Kier molecular flexibility index (Phi) is 9.46. The van der Waals surface area contributed by atoms with Gasteiger partial charge in [-0.25, -0.2) is 0 Å². The van der Waals surface area contributed by atoms with E-state index in [4.69, 9.17) is 23.1 Å². The number of alkyl halides is 1. The molecule has 0 bridgehead atoms. The minimum Gasteiger partial charge on any atom is -0.328 e. The molecule has 2 nitrogen and oxygen atoms in total. The molecule has 0 aliphatic rings. The Morgan fingerprint density at radius 1 is 1.67 bits per heavy atom. The van der Waals surface area contributed by atoms with Crippen LogP contribution in [0.25, 0.3) is 0 Å². The number of rotatable bonds is 1. The molecule has 38 valence electrons. The van der Waals surface area contributed by atoms with Gasteiger partial charge in [0.2, 0.25) is 0 Å². The summed E-state index contributed by atoms with van der Waals surface area (Å²) < 4.78 is 0. The number of hydrogen-bond donors (Lipinski definition) is 2. The van der Waals surface area contributed by atoms with Gasteiger partial charge >= 0.3 is 0 Å². The number of hydrogen-bond acceptors (Lipinski definition) is 2. The summed E-state index contributed by atoms with van der Waals surface area (Å²) in [5, 5.41) is 0. The molecule has 0 radical (unpaired) electrons. The van der Waals surface area contributed by atoms with Gasteiger partial charge in [0.25, 0.3) is 0 Å². The second-order valence-corrected chi connectivity index (χ2v) is 1.31. The van der Waals surface area contributed by atoms with Gasteiger partial charge in [-0.1, -0.05) is 0 Å². The molecule has 4 N–H and O–H groups in total. The summed E-state index contributed by atoms with van der Waals surface area (Å²) in [4.78, 5) is 0. The number of nitrogens with two attached hydrogens (primary N) is 2. The van der Waals surface area contributed by atoms with E-state index in [1.54, 1.807) is 0 Å². The molecule has 0 saturated heterocycles. The zero-order chi connectivity index (χ0) is 4.28. The minimum atomic E-state index is -0.366. The molecule has 0 aromatic heterocycles. The van der Waals surface area contributed by atoms with Crippen molar-refractivity contribution < 1.29 is 17.4 Å². The average molecular weight is 147 g/mol. The predicted octanol–water partition coefficient (Wildman–Crippen LogP) is -0.534. The largest absolute Gasteiger partial charge is 0.328 e. The van der Waals surface area contributed by atoms with Crippen molar-refractivity contribution >= 4 is 11.6 Å². The Bertz CT molecular complexity index is 25.5. The molecule has 0 aliphatic carbocycles. The Labute approximate surface area is 53.0 Å². The first-order valence-electron chi connectivity index (χ1n) is 1.37. The minimum absolute atomic E-state index is 0. The summed E-state index contributed by atoms with van der Waals surface area (Å²) in [6.07, 6.45) is 0. The maximum absolute atomic E-state index is 5.11. The van der Waals surface area contributed by atoms with Crippen LogP contribution in [0, 0.1) is 0 Å². The Morgan fingerprint density at radius 3 is 1.83 bits per heavy atom. The summed E-state index contributed by atoms with van der Waals surface area (Å²) in [6.45, 7) is 0.349. The maximum Gasteiger partial charge on any atom is 0.0924 e. The van der Waals surface area contributed by atoms with Crippen LogP contribution in [-0.4, -0.2) is 12.0 Å². The third-order valence-corrected chi connectivity index (χ3v) is 0.403. The molecule has 6 heavy (non-hydrogen) atoms. The van der Waals surface area contributed by atoms with Crippen LogP contribution in [0.3, 0.4) is 0 Å². The summed E-state index contributed by atoms with van der Waals surface area (Å²) in [6, 6.07) is 0. The Hall–Kier alpha value is 0.742. The fraction of sp³-hybridized carbons (Fsp3) is 1.00. The van der Waals surface area contributed by atoms with Crippen molar-refractivity contribution in [2.24, 2.45) is 11.5 Å². The van der Waals surface area contributed by atoms with Gasteiger partial charge in [0.1, 0.15) is 0 Å². The first-order valence-corrected chi connectivity index (χ1v) is 1.80. The zero-order valence-electron chi connectivity index (χ0n) is 3.23. The average Bonchev–Trinajstić information content (AvgIpc) is 1.38. The van der Waals surface area contributed by atoms with Gasteiger partial charge in [-0.05, 0) is 0 Å². The summed E-state index contributed by atoms with van der Waals surface area (Å²) in [7, 11) is 0. The van der Waals surface area contributed by atoms with Crippen molar-refractivity contribution in [2.75, 3.05) is 6.54 Å². The molecule has 1 atom stereocenters. The van der Waals surface area contributed by atoms with Gasteiger partial charge in [0.15, 0.2) is 0 Å². The Morgan fingerprint density at radius 2 is 1.83 bits per heavy atom. The van der Waals surface area contributed by atoms with Crippen molar-refractivity contribution in [1.82, 2.24) is 0 Å². The van der Waals surface area contributed by atoms with E-state index >= 15 is 0 Å². The van der Waals surface area contributed by atoms with Crippen LogP contribution in [0.4, 0.5) is 0 Å². The molecule has 0 saturated carbocycles. The molecule has 0 aromatic carbocycles. The molecule has 1 unspecified atom stereocenters. The summed E-state index contributed by atoms with van der Waals surface area (Å²) in [5.41, 5.74) is 9.48. The van der Waals surface area contributed by atoms with Crippen LogP contribution in [0.15, 0.2) is 0 Å². The van der Waals surface area contributed by atoms with Crippen molar-refractivity contribution in [1.29, 1.82) is 0 Å². The molecule has 0 fully saturated rings. The molecule has 0 aliphatic heterocycles. The number of halogens is 1. The van der Waals surface area contributed by atoms with Gasteiger partial charge in [-0.15, -0.1) is 11.6 Å². The standard InChI is InChI=1S/C2H7ClN2.Cr/c3-2(5)1-4;/h2H,1,4-5H2;. The fourth-order valence-electron chi connectivity index (χ4n) is 0. The summed E-state index contributed by atoms with van der Waals surface area (Å²) in [5.74, 6) is 0. The molecular weight excluding hydrogens is 139 g/mol. The molecule has 0 rings (SSSR count). The fourth-order valence-corrected chi connectivity index (χ4v) is 0. The van der Waals surface area contributed by atoms with Crippen LogP contribution < -0.4 is 11.5 Å². The van der Waals surface area contributed by atoms with Gasteiger partial charge in [0, 0.05) is 23.9 Å². The van der Waals surface area contributed by atoms with E-state index in [9.17, 15) is 0 Å². The van der Waals surface area contributed by atoms with Crippen LogP contribution in [0.2, 0.25) is 0 Å². The van der Waals surface area contributed by atoms with Gasteiger partial charge < -0.3 is 11.5 Å². The molecule has 0 heterocycles.